The molecule has 0 aromatic heterocycles. The van der Waals surface area contributed by atoms with E-state index < -0.39 is 6.10 Å². The molecule has 0 saturated carbocycles. The zero-order valence-corrected chi connectivity index (χ0v) is 45.4. The van der Waals surface area contributed by atoms with Crippen LogP contribution in [-0.4, -0.2) is 37.2 Å². The minimum Gasteiger partial charge on any atom is -0.462 e. The van der Waals surface area contributed by atoms with Gasteiger partial charge in [0.05, 0.1) is 0 Å². The van der Waals surface area contributed by atoms with Crippen LogP contribution in [0.5, 0.6) is 0 Å². The van der Waals surface area contributed by atoms with E-state index in [1.807, 2.05) is 0 Å². The average Bonchev–Trinajstić information content (AvgIpc) is 3.37. The van der Waals surface area contributed by atoms with E-state index in [2.05, 4.69) is 167 Å². The van der Waals surface area contributed by atoms with Gasteiger partial charge < -0.3 is 14.2 Å². The van der Waals surface area contributed by atoms with E-state index in [1.54, 1.807) is 0 Å². The minimum absolute atomic E-state index is 0.107. The van der Waals surface area contributed by atoms with Crippen LogP contribution in [0.1, 0.15) is 226 Å². The van der Waals surface area contributed by atoms with Gasteiger partial charge in [0.2, 0.25) is 0 Å². The topological polar surface area (TPSA) is 78.9 Å². The lowest BCUT2D eigenvalue weighted by Gasteiger charge is -2.18. The predicted molar refractivity (Wildman–Crippen MR) is 306 cm³/mol. The van der Waals surface area contributed by atoms with Crippen LogP contribution in [0.3, 0.4) is 0 Å². The molecule has 0 fully saturated rings. The summed E-state index contributed by atoms with van der Waals surface area (Å²) in [5.74, 6) is -0.984. The third-order valence-corrected chi connectivity index (χ3v) is 11.3. The molecule has 0 aliphatic rings. The van der Waals surface area contributed by atoms with E-state index in [0.717, 1.165) is 141 Å². The molecule has 6 heteroatoms. The highest BCUT2D eigenvalue weighted by Gasteiger charge is 2.19. The molecule has 0 aromatic rings. The second-order valence-corrected chi connectivity index (χ2v) is 18.1. The first-order chi connectivity index (χ1) is 35.0. The summed E-state index contributed by atoms with van der Waals surface area (Å²) >= 11 is 0. The summed E-state index contributed by atoms with van der Waals surface area (Å²) in [4.78, 5) is 38.0. The molecule has 6 nitrogen and oxygen atoms in total. The Balaban J connectivity index is 4.44. The van der Waals surface area contributed by atoms with Gasteiger partial charge in [0.15, 0.2) is 6.10 Å². The lowest BCUT2D eigenvalue weighted by molar-refractivity contribution is -0.167. The zero-order chi connectivity index (χ0) is 51.4. The highest BCUT2D eigenvalue weighted by Crippen LogP contribution is 2.13. The quantitative estimate of drug-likeness (QED) is 0.0262. The first-order valence-corrected chi connectivity index (χ1v) is 28.3. The Hall–Kier alpha value is -4.71. The number of carbonyl (C=O) groups is 3. The van der Waals surface area contributed by atoms with Crippen molar-refractivity contribution in [1.29, 1.82) is 0 Å². The number of carbonyl (C=O) groups excluding carboxylic acids is 3. The molecule has 0 amide bonds. The van der Waals surface area contributed by atoms with Crippen LogP contribution in [0.15, 0.2) is 146 Å². The highest BCUT2D eigenvalue weighted by atomic mass is 16.6. The average molecular weight is 980 g/mol. The molecule has 0 spiro atoms. The van der Waals surface area contributed by atoms with Crippen LogP contribution in [0, 0.1) is 0 Å². The Bertz CT molecular complexity index is 1590. The third-order valence-electron chi connectivity index (χ3n) is 11.3. The molecule has 0 rings (SSSR count). The predicted octanol–water partition coefficient (Wildman–Crippen LogP) is 19.2. The number of esters is 3. The summed E-state index contributed by atoms with van der Waals surface area (Å²) < 4.78 is 16.8. The second kappa shape index (κ2) is 57.9. The fourth-order valence-corrected chi connectivity index (χ4v) is 7.15. The maximum Gasteiger partial charge on any atom is 0.306 e. The molecule has 0 N–H and O–H groups in total. The lowest BCUT2D eigenvalue weighted by atomic mass is 10.1. The van der Waals surface area contributed by atoms with Crippen molar-refractivity contribution in [2.75, 3.05) is 13.2 Å². The van der Waals surface area contributed by atoms with Crippen molar-refractivity contribution in [3.8, 4) is 0 Å². The van der Waals surface area contributed by atoms with Crippen molar-refractivity contribution < 1.29 is 28.6 Å². The summed E-state index contributed by atoms with van der Waals surface area (Å²) in [5.41, 5.74) is 0. The number of rotatable bonds is 49. The summed E-state index contributed by atoms with van der Waals surface area (Å²) in [6.07, 6.45) is 82.7. The Kier molecular flexibility index (Phi) is 54.0. The van der Waals surface area contributed by atoms with E-state index in [4.69, 9.17) is 14.2 Å². The summed E-state index contributed by atoms with van der Waals surface area (Å²) in [6, 6.07) is 0. The molecule has 0 aromatic carbocycles. The van der Waals surface area contributed by atoms with Gasteiger partial charge in [0.25, 0.3) is 0 Å². The van der Waals surface area contributed by atoms with Crippen LogP contribution in [0.25, 0.3) is 0 Å². The summed E-state index contributed by atoms with van der Waals surface area (Å²) in [5, 5.41) is 0. The van der Waals surface area contributed by atoms with E-state index in [-0.39, 0.29) is 37.5 Å². The second-order valence-electron chi connectivity index (χ2n) is 18.1. The number of allylic oxidation sites excluding steroid dienone is 24. The fourth-order valence-electron chi connectivity index (χ4n) is 7.15. The van der Waals surface area contributed by atoms with E-state index in [9.17, 15) is 14.4 Å². The molecular weight excluding hydrogens is 877 g/mol. The van der Waals surface area contributed by atoms with Gasteiger partial charge in [-0.2, -0.15) is 0 Å². The van der Waals surface area contributed by atoms with Crippen LogP contribution >= 0.6 is 0 Å². The van der Waals surface area contributed by atoms with E-state index in [1.165, 1.54) is 38.5 Å². The standard InChI is InChI=1S/C65H102O6/c1-4-7-10-13-16-19-21-23-25-27-29-30-31-32-33-34-36-37-39-41-43-46-49-52-55-58-64(67)70-61-62(60-69-63(66)57-54-51-48-45-18-15-12-9-6-3)71-65(68)59-56-53-50-47-44-42-40-38-35-28-26-24-22-20-17-14-11-8-5-2/h7-8,10-11,16-17,19-20,23-26,29-30,32-33,35-38,41-44,62H,4-6,9,12-15,18,21-22,27-28,31,34,39-40,45-61H2,1-3H3/b10-7-,11-8-,19-16-,20-17-,25-23-,26-24-,30-29-,33-32-,37-36-,38-35-,43-41-,44-42-. The molecular formula is C65H102O6. The van der Waals surface area contributed by atoms with Crippen LogP contribution in [-0.2, 0) is 28.6 Å². The SMILES string of the molecule is CC/C=C\C/C=C\C/C=C\C/C=C\C/C=C\C/C=C\C/C=C\CCCCCC(=O)OCC(COC(=O)CCCCCCCCCCC)OC(=O)CCCCC/C=C\C/C=C\C/C=C\C/C=C\C/C=C\CC. The third kappa shape index (κ3) is 56.1. The van der Waals surface area contributed by atoms with Gasteiger partial charge in [-0.1, -0.05) is 231 Å². The minimum atomic E-state index is -0.814. The van der Waals surface area contributed by atoms with Crippen molar-refractivity contribution >= 4 is 17.9 Å². The molecule has 0 heterocycles. The van der Waals surface area contributed by atoms with Gasteiger partial charge in [0.1, 0.15) is 13.2 Å². The molecule has 0 aliphatic carbocycles. The molecule has 398 valence electrons. The van der Waals surface area contributed by atoms with Gasteiger partial charge in [-0.05, 0) is 122 Å². The molecule has 0 bridgehead atoms. The van der Waals surface area contributed by atoms with E-state index >= 15 is 0 Å². The normalized spacial score (nSPS) is 13.2. The highest BCUT2D eigenvalue weighted by molar-refractivity contribution is 5.71. The van der Waals surface area contributed by atoms with Crippen LogP contribution in [0.2, 0.25) is 0 Å². The van der Waals surface area contributed by atoms with Gasteiger partial charge >= 0.3 is 17.9 Å². The van der Waals surface area contributed by atoms with Gasteiger partial charge in [-0.3, -0.25) is 14.4 Å². The molecule has 1 atom stereocenters. The molecule has 0 radical (unpaired) electrons. The Morgan fingerprint density at radius 3 is 0.859 bits per heavy atom. The first kappa shape index (κ1) is 66.3. The van der Waals surface area contributed by atoms with Crippen LogP contribution < -0.4 is 0 Å². The van der Waals surface area contributed by atoms with Gasteiger partial charge in [0, 0.05) is 19.3 Å². The van der Waals surface area contributed by atoms with Gasteiger partial charge in [-0.15, -0.1) is 0 Å². The number of unbranched alkanes of at least 4 members (excludes halogenated alkanes) is 14. The molecule has 0 saturated heterocycles. The van der Waals surface area contributed by atoms with Crippen molar-refractivity contribution in [2.45, 2.75) is 232 Å². The summed E-state index contributed by atoms with van der Waals surface area (Å²) in [6.45, 7) is 6.32. The number of hydrogen-bond acceptors (Lipinski definition) is 6. The number of hydrogen-bond donors (Lipinski definition) is 0. The van der Waals surface area contributed by atoms with Crippen molar-refractivity contribution in [3.05, 3.63) is 146 Å². The van der Waals surface area contributed by atoms with Crippen LogP contribution in [0.4, 0.5) is 0 Å². The first-order valence-electron chi connectivity index (χ1n) is 28.3. The summed E-state index contributed by atoms with van der Waals surface area (Å²) in [7, 11) is 0. The maximum absolute atomic E-state index is 12.8. The fraction of sp³-hybridized carbons (Fsp3) is 0.585. The van der Waals surface area contributed by atoms with E-state index in [0.29, 0.717) is 19.3 Å². The molecule has 0 aliphatic heterocycles. The Labute approximate surface area is 436 Å². The number of ether oxygens (including phenoxy) is 3. The maximum atomic E-state index is 12.8. The van der Waals surface area contributed by atoms with Crippen molar-refractivity contribution in [1.82, 2.24) is 0 Å². The molecule has 71 heavy (non-hydrogen) atoms. The van der Waals surface area contributed by atoms with Crippen molar-refractivity contribution in [3.63, 3.8) is 0 Å². The molecule has 1 unspecified atom stereocenters. The monoisotopic (exact) mass is 979 g/mol. The largest absolute Gasteiger partial charge is 0.462 e. The smallest absolute Gasteiger partial charge is 0.306 e. The zero-order valence-electron chi connectivity index (χ0n) is 45.4. The van der Waals surface area contributed by atoms with Gasteiger partial charge in [-0.25, -0.2) is 0 Å². The lowest BCUT2D eigenvalue weighted by Crippen LogP contribution is -2.30. The Morgan fingerprint density at radius 2 is 0.549 bits per heavy atom. The Morgan fingerprint density at radius 1 is 0.296 bits per heavy atom. The van der Waals surface area contributed by atoms with Crippen molar-refractivity contribution in [2.24, 2.45) is 0 Å².